The highest BCUT2D eigenvalue weighted by molar-refractivity contribution is 7.16. The molecule has 0 radical (unpaired) electrons. The molecule has 4 nitrogen and oxygen atoms in total. The first kappa shape index (κ1) is 15.2. The summed E-state index contributed by atoms with van der Waals surface area (Å²) in [5.41, 5.74) is 0.144. The van der Waals surface area contributed by atoms with Crippen LogP contribution >= 0.6 is 11.3 Å². The zero-order valence-electron chi connectivity index (χ0n) is 12.8. The molecule has 1 saturated heterocycles. The van der Waals surface area contributed by atoms with Gasteiger partial charge < -0.3 is 10.0 Å². The van der Waals surface area contributed by atoms with E-state index in [1.165, 1.54) is 11.3 Å². The second-order valence-corrected chi connectivity index (χ2v) is 7.24. The third-order valence-electron chi connectivity index (χ3n) is 4.07. The zero-order chi connectivity index (χ0) is 15.7. The lowest BCUT2D eigenvalue weighted by Crippen LogP contribution is -2.48. The Morgan fingerprint density at radius 3 is 2.77 bits per heavy atom. The Morgan fingerprint density at radius 2 is 2.09 bits per heavy atom. The quantitative estimate of drug-likeness (QED) is 0.946. The molecule has 2 heterocycles. The van der Waals surface area contributed by atoms with E-state index in [0.29, 0.717) is 11.4 Å². The largest absolute Gasteiger partial charge is 0.388 e. The van der Waals surface area contributed by atoms with Crippen molar-refractivity contribution in [1.29, 1.82) is 0 Å². The lowest BCUT2D eigenvalue weighted by atomic mass is 9.96. The fraction of sp³-hybridized carbons (Fsp3) is 0.412. The molecule has 0 spiro atoms. The normalized spacial score (nSPS) is 18.7. The van der Waals surface area contributed by atoms with E-state index < -0.39 is 5.60 Å². The van der Waals surface area contributed by atoms with E-state index in [4.69, 9.17) is 0 Å². The van der Waals surface area contributed by atoms with Crippen molar-refractivity contribution < 1.29 is 9.90 Å². The number of hydrogen-bond acceptors (Lipinski definition) is 4. The average Bonchev–Trinajstić information content (AvgIpc) is 3.16. The Morgan fingerprint density at radius 1 is 1.36 bits per heavy atom. The fourth-order valence-electron chi connectivity index (χ4n) is 2.97. The average molecular weight is 316 g/mol. The maximum atomic E-state index is 12.7. The number of hydrogen-bond donors (Lipinski definition) is 1. The number of thiazole rings is 1. The third kappa shape index (κ3) is 2.91. The highest BCUT2D eigenvalue weighted by atomic mass is 32.1. The minimum absolute atomic E-state index is 0.0238. The maximum Gasteiger partial charge on any atom is 0.265 e. The maximum absolute atomic E-state index is 12.7. The summed E-state index contributed by atoms with van der Waals surface area (Å²) in [6.45, 7) is 4.24. The summed E-state index contributed by atoms with van der Waals surface area (Å²) in [5, 5.41) is 11.1. The van der Waals surface area contributed by atoms with Gasteiger partial charge in [-0.15, -0.1) is 11.3 Å². The minimum Gasteiger partial charge on any atom is -0.388 e. The van der Waals surface area contributed by atoms with E-state index in [9.17, 15) is 9.90 Å². The molecule has 3 rings (SSSR count). The molecular weight excluding hydrogens is 296 g/mol. The number of rotatable bonds is 3. The summed E-state index contributed by atoms with van der Waals surface area (Å²) in [7, 11) is 0. The molecule has 1 atom stereocenters. The molecule has 0 saturated carbocycles. The van der Waals surface area contributed by atoms with Gasteiger partial charge in [0.05, 0.1) is 17.8 Å². The number of carbonyl (C=O) groups is 1. The summed E-state index contributed by atoms with van der Waals surface area (Å²) in [6.07, 6.45) is 3.43. The van der Waals surface area contributed by atoms with Crippen LogP contribution in [0.5, 0.6) is 0 Å². The predicted molar refractivity (Wildman–Crippen MR) is 87.9 cm³/mol. The molecule has 0 aliphatic carbocycles. The molecule has 1 fully saturated rings. The summed E-state index contributed by atoms with van der Waals surface area (Å²) < 4.78 is 0. The van der Waals surface area contributed by atoms with Gasteiger partial charge in [-0.2, -0.15) is 0 Å². The molecule has 22 heavy (non-hydrogen) atoms. The van der Waals surface area contributed by atoms with Crippen LogP contribution in [0.4, 0.5) is 0 Å². The molecule has 1 aliphatic heterocycles. The van der Waals surface area contributed by atoms with Gasteiger partial charge in [-0.25, -0.2) is 4.98 Å². The Balaban J connectivity index is 1.83. The third-order valence-corrected chi connectivity index (χ3v) is 5.10. The number of benzene rings is 1. The Bertz CT molecular complexity index is 661. The number of carbonyl (C=O) groups excluding carboxylic acids is 1. The molecule has 1 aromatic heterocycles. The Kier molecular flexibility index (Phi) is 4.02. The van der Waals surface area contributed by atoms with Crippen LogP contribution in [0.3, 0.4) is 0 Å². The summed E-state index contributed by atoms with van der Waals surface area (Å²) in [4.78, 5) is 19.5. The second-order valence-electron chi connectivity index (χ2n) is 6.21. The van der Waals surface area contributed by atoms with Crippen molar-refractivity contribution in [1.82, 2.24) is 9.88 Å². The van der Waals surface area contributed by atoms with Crippen LogP contribution in [0.15, 0.2) is 36.5 Å². The van der Waals surface area contributed by atoms with E-state index >= 15 is 0 Å². The van der Waals surface area contributed by atoms with Crippen LogP contribution in [-0.4, -0.2) is 39.1 Å². The van der Waals surface area contributed by atoms with Crippen molar-refractivity contribution in [3.63, 3.8) is 0 Å². The number of likely N-dealkylation sites (tertiary alicyclic amines) is 1. The van der Waals surface area contributed by atoms with Gasteiger partial charge >= 0.3 is 0 Å². The molecule has 1 amide bonds. The molecule has 1 N–H and O–H groups in total. The van der Waals surface area contributed by atoms with Crippen LogP contribution in [0.1, 0.15) is 36.4 Å². The first-order valence-corrected chi connectivity index (χ1v) is 8.33. The lowest BCUT2D eigenvalue weighted by molar-refractivity contribution is 0.000510. The van der Waals surface area contributed by atoms with Crippen LogP contribution in [0.25, 0.3) is 10.6 Å². The summed E-state index contributed by atoms with van der Waals surface area (Å²) >= 11 is 1.41. The van der Waals surface area contributed by atoms with Crippen molar-refractivity contribution >= 4 is 17.2 Å². The molecule has 1 unspecified atom stereocenters. The first-order valence-electron chi connectivity index (χ1n) is 7.51. The monoisotopic (exact) mass is 316 g/mol. The Labute approximate surface area is 134 Å². The van der Waals surface area contributed by atoms with Crippen molar-refractivity contribution in [3.8, 4) is 10.6 Å². The number of aliphatic hydroxyl groups is 1. The van der Waals surface area contributed by atoms with Crippen molar-refractivity contribution in [2.24, 2.45) is 0 Å². The summed E-state index contributed by atoms with van der Waals surface area (Å²) in [6, 6.07) is 9.74. The van der Waals surface area contributed by atoms with E-state index in [1.54, 1.807) is 24.9 Å². The first-order chi connectivity index (χ1) is 10.5. The number of amides is 1. The Hall–Kier alpha value is -1.72. The molecule has 1 aliphatic rings. The molecule has 2 aromatic rings. The minimum atomic E-state index is -0.876. The van der Waals surface area contributed by atoms with Crippen LogP contribution in [0.2, 0.25) is 0 Å². The fourth-order valence-corrected chi connectivity index (χ4v) is 3.85. The van der Waals surface area contributed by atoms with Gasteiger partial charge in [0.1, 0.15) is 9.88 Å². The van der Waals surface area contributed by atoms with Crippen molar-refractivity contribution in [3.05, 3.63) is 41.4 Å². The van der Waals surface area contributed by atoms with Crippen LogP contribution < -0.4 is 0 Å². The van der Waals surface area contributed by atoms with E-state index in [0.717, 1.165) is 23.4 Å². The van der Waals surface area contributed by atoms with Gasteiger partial charge in [0.25, 0.3) is 5.91 Å². The summed E-state index contributed by atoms with van der Waals surface area (Å²) in [5.74, 6) is -0.0238. The van der Waals surface area contributed by atoms with Crippen LogP contribution in [0, 0.1) is 0 Å². The van der Waals surface area contributed by atoms with E-state index in [-0.39, 0.29) is 11.9 Å². The van der Waals surface area contributed by atoms with Crippen LogP contribution in [-0.2, 0) is 0 Å². The topological polar surface area (TPSA) is 53.4 Å². The molecule has 1 aromatic carbocycles. The van der Waals surface area contributed by atoms with Gasteiger partial charge in [-0.05, 0) is 26.7 Å². The standard InChI is InChI=1S/C17H20N2O2S/c1-17(2,21)14-9-6-10-19(14)16(20)13-11-18-15(22-13)12-7-4-3-5-8-12/h3-5,7-8,11,14,21H,6,9-10H2,1-2H3. The van der Waals surface area contributed by atoms with E-state index in [2.05, 4.69) is 4.98 Å². The SMILES string of the molecule is CC(C)(O)C1CCCN1C(=O)c1cnc(-c2ccccc2)s1. The number of nitrogens with zero attached hydrogens (tertiary/aromatic N) is 2. The van der Waals surface area contributed by atoms with Gasteiger partial charge in [-0.1, -0.05) is 30.3 Å². The highest BCUT2D eigenvalue weighted by Gasteiger charge is 2.39. The van der Waals surface area contributed by atoms with Gasteiger partial charge in [0.2, 0.25) is 0 Å². The molecular formula is C17H20N2O2S. The van der Waals surface area contributed by atoms with E-state index in [1.807, 2.05) is 30.3 Å². The zero-order valence-corrected chi connectivity index (χ0v) is 13.6. The molecule has 5 heteroatoms. The second kappa shape index (κ2) is 5.82. The van der Waals surface area contributed by atoms with Gasteiger partial charge in [0.15, 0.2) is 0 Å². The smallest absolute Gasteiger partial charge is 0.265 e. The van der Waals surface area contributed by atoms with Gasteiger partial charge in [0, 0.05) is 12.1 Å². The predicted octanol–water partition coefficient (Wildman–Crippen LogP) is 3.19. The highest BCUT2D eigenvalue weighted by Crippen LogP contribution is 2.31. The van der Waals surface area contributed by atoms with Crippen molar-refractivity contribution in [2.45, 2.75) is 38.3 Å². The van der Waals surface area contributed by atoms with Crippen molar-refractivity contribution in [2.75, 3.05) is 6.54 Å². The molecule has 0 bridgehead atoms. The number of aromatic nitrogens is 1. The molecule has 116 valence electrons. The van der Waals surface area contributed by atoms with Gasteiger partial charge in [-0.3, -0.25) is 4.79 Å². The lowest BCUT2D eigenvalue weighted by Gasteiger charge is -2.33.